The van der Waals surface area contributed by atoms with Crippen LogP contribution in [0.4, 0.5) is 5.69 Å². The molecule has 0 atom stereocenters. The Labute approximate surface area is 92.9 Å². The molecule has 0 radical (unpaired) electrons. The zero-order valence-electron chi connectivity index (χ0n) is 8.51. The van der Waals surface area contributed by atoms with E-state index >= 15 is 0 Å². The van der Waals surface area contributed by atoms with Crippen LogP contribution < -0.4 is 10.5 Å². The van der Waals surface area contributed by atoms with Crippen LogP contribution in [-0.2, 0) is 6.61 Å². The molecule has 0 spiro atoms. The van der Waals surface area contributed by atoms with Gasteiger partial charge in [-0.15, -0.1) is 0 Å². The van der Waals surface area contributed by atoms with Crippen molar-refractivity contribution in [3.8, 4) is 11.8 Å². The third-order valence-electron chi connectivity index (χ3n) is 2.10. The highest BCUT2D eigenvalue weighted by atomic mass is 16.5. The van der Waals surface area contributed by atoms with Crippen molar-refractivity contribution in [2.24, 2.45) is 0 Å². The molecule has 0 saturated carbocycles. The van der Waals surface area contributed by atoms with Gasteiger partial charge in [0.25, 0.3) is 0 Å². The molecule has 4 heteroatoms. The van der Waals surface area contributed by atoms with Gasteiger partial charge in [-0.05, 0) is 24.3 Å². The Morgan fingerprint density at radius 2 is 2.25 bits per heavy atom. The first-order chi connectivity index (χ1) is 7.79. The number of hydrogen-bond acceptors (Lipinski definition) is 4. The van der Waals surface area contributed by atoms with Gasteiger partial charge in [0, 0.05) is 6.07 Å². The Balaban J connectivity index is 2.06. The van der Waals surface area contributed by atoms with Gasteiger partial charge in [0.15, 0.2) is 0 Å². The van der Waals surface area contributed by atoms with Crippen molar-refractivity contribution < 1.29 is 9.15 Å². The van der Waals surface area contributed by atoms with Crippen molar-refractivity contribution in [1.29, 1.82) is 5.26 Å². The average molecular weight is 214 g/mol. The van der Waals surface area contributed by atoms with Crippen LogP contribution >= 0.6 is 0 Å². The van der Waals surface area contributed by atoms with E-state index in [0.29, 0.717) is 23.6 Å². The van der Waals surface area contributed by atoms with Crippen molar-refractivity contribution in [1.82, 2.24) is 0 Å². The van der Waals surface area contributed by atoms with Gasteiger partial charge in [0.1, 0.15) is 24.2 Å². The molecule has 0 amide bonds. The smallest absolute Gasteiger partial charge is 0.146 e. The van der Waals surface area contributed by atoms with E-state index in [1.807, 2.05) is 12.1 Å². The van der Waals surface area contributed by atoms with E-state index in [2.05, 4.69) is 0 Å². The minimum atomic E-state index is 0.346. The van der Waals surface area contributed by atoms with Crippen LogP contribution in [0.1, 0.15) is 11.3 Å². The Kier molecular flexibility index (Phi) is 2.79. The van der Waals surface area contributed by atoms with Gasteiger partial charge in [-0.25, -0.2) is 0 Å². The molecule has 2 rings (SSSR count). The van der Waals surface area contributed by atoms with Crippen LogP contribution in [0.2, 0.25) is 0 Å². The number of rotatable bonds is 3. The quantitative estimate of drug-likeness (QED) is 0.796. The maximum Gasteiger partial charge on any atom is 0.146 e. The summed E-state index contributed by atoms with van der Waals surface area (Å²) in [7, 11) is 0. The van der Waals surface area contributed by atoms with Crippen molar-refractivity contribution in [2.45, 2.75) is 6.61 Å². The largest absolute Gasteiger partial charge is 0.486 e. The average Bonchev–Trinajstić information content (AvgIpc) is 2.79. The molecule has 1 heterocycles. The molecule has 4 nitrogen and oxygen atoms in total. The monoisotopic (exact) mass is 214 g/mol. The molecule has 0 aliphatic carbocycles. The molecular formula is C12H10N2O2. The van der Waals surface area contributed by atoms with Crippen LogP contribution in [0.5, 0.6) is 5.75 Å². The van der Waals surface area contributed by atoms with Crippen LogP contribution in [0, 0.1) is 11.3 Å². The molecule has 2 N–H and O–H groups in total. The summed E-state index contributed by atoms with van der Waals surface area (Å²) in [6.45, 7) is 0.346. The molecule has 0 bridgehead atoms. The molecule has 0 saturated heterocycles. The summed E-state index contributed by atoms with van der Waals surface area (Å²) < 4.78 is 10.6. The first-order valence-electron chi connectivity index (χ1n) is 4.74. The second-order valence-electron chi connectivity index (χ2n) is 3.23. The van der Waals surface area contributed by atoms with E-state index in [1.54, 1.807) is 30.5 Å². The van der Waals surface area contributed by atoms with E-state index in [1.165, 1.54) is 0 Å². The molecule has 0 aliphatic heterocycles. The summed E-state index contributed by atoms with van der Waals surface area (Å²) in [6, 6.07) is 10.6. The highest BCUT2D eigenvalue weighted by molar-refractivity contribution is 5.56. The fraction of sp³-hybridized carbons (Fsp3) is 0.0833. The van der Waals surface area contributed by atoms with E-state index in [9.17, 15) is 0 Å². The molecule has 2 aromatic rings. The summed E-state index contributed by atoms with van der Waals surface area (Å²) in [5.41, 5.74) is 6.52. The summed E-state index contributed by atoms with van der Waals surface area (Å²) in [5, 5.41) is 8.70. The number of benzene rings is 1. The van der Waals surface area contributed by atoms with E-state index < -0.39 is 0 Å². The molecule has 16 heavy (non-hydrogen) atoms. The van der Waals surface area contributed by atoms with Crippen LogP contribution in [-0.4, -0.2) is 0 Å². The van der Waals surface area contributed by atoms with Gasteiger partial charge in [0.05, 0.1) is 17.5 Å². The molecule has 1 aromatic heterocycles. The topological polar surface area (TPSA) is 72.2 Å². The fourth-order valence-corrected chi connectivity index (χ4v) is 1.28. The van der Waals surface area contributed by atoms with Gasteiger partial charge in [0.2, 0.25) is 0 Å². The number of furan rings is 1. The van der Waals surface area contributed by atoms with Gasteiger partial charge >= 0.3 is 0 Å². The minimum Gasteiger partial charge on any atom is -0.486 e. The van der Waals surface area contributed by atoms with Gasteiger partial charge in [-0.1, -0.05) is 0 Å². The Morgan fingerprint density at radius 1 is 1.38 bits per heavy atom. The summed E-state index contributed by atoms with van der Waals surface area (Å²) in [5.74, 6) is 1.36. The van der Waals surface area contributed by atoms with Gasteiger partial charge in [-0.2, -0.15) is 5.26 Å². The first-order valence-corrected chi connectivity index (χ1v) is 4.74. The summed E-state index contributed by atoms with van der Waals surface area (Å²) in [6.07, 6.45) is 1.59. The number of anilines is 1. The van der Waals surface area contributed by atoms with Crippen molar-refractivity contribution in [3.63, 3.8) is 0 Å². The van der Waals surface area contributed by atoms with Crippen LogP contribution in [0.25, 0.3) is 0 Å². The Hall–Kier alpha value is -2.41. The number of ether oxygens (including phenoxy) is 1. The lowest BCUT2D eigenvalue weighted by Gasteiger charge is -2.05. The lowest BCUT2D eigenvalue weighted by Crippen LogP contribution is -1.96. The number of nitriles is 1. The van der Waals surface area contributed by atoms with Crippen LogP contribution in [0.3, 0.4) is 0 Å². The number of nitrogens with two attached hydrogens (primary N) is 1. The first kappa shape index (κ1) is 10.1. The van der Waals surface area contributed by atoms with E-state index in [4.69, 9.17) is 20.1 Å². The van der Waals surface area contributed by atoms with Gasteiger partial charge in [-0.3, -0.25) is 0 Å². The maximum absolute atomic E-state index is 8.70. The lowest BCUT2D eigenvalue weighted by molar-refractivity contribution is 0.270. The van der Waals surface area contributed by atoms with E-state index in [0.717, 1.165) is 5.76 Å². The standard InChI is InChI=1S/C12H10N2O2/c13-7-9-3-4-10(6-12(9)14)16-8-11-2-1-5-15-11/h1-6H,8,14H2. The highest BCUT2D eigenvalue weighted by Gasteiger charge is 2.02. The normalized spacial score (nSPS) is 9.69. The Morgan fingerprint density at radius 3 is 2.88 bits per heavy atom. The summed E-state index contributed by atoms with van der Waals surface area (Å²) in [4.78, 5) is 0. The maximum atomic E-state index is 8.70. The Bertz CT molecular complexity index is 512. The molecular weight excluding hydrogens is 204 g/mol. The van der Waals surface area contributed by atoms with Gasteiger partial charge < -0.3 is 14.9 Å². The number of hydrogen-bond donors (Lipinski definition) is 1. The van der Waals surface area contributed by atoms with Crippen molar-refractivity contribution >= 4 is 5.69 Å². The second-order valence-corrected chi connectivity index (χ2v) is 3.23. The van der Waals surface area contributed by atoms with Crippen molar-refractivity contribution in [3.05, 3.63) is 47.9 Å². The second kappa shape index (κ2) is 4.41. The SMILES string of the molecule is N#Cc1ccc(OCc2ccco2)cc1N. The predicted octanol–water partition coefficient (Wildman–Crippen LogP) is 2.31. The molecule has 0 unspecified atom stereocenters. The number of nitrogens with zero attached hydrogens (tertiary/aromatic N) is 1. The van der Waals surface area contributed by atoms with E-state index in [-0.39, 0.29) is 0 Å². The molecule has 80 valence electrons. The van der Waals surface area contributed by atoms with Crippen LogP contribution in [0.15, 0.2) is 41.0 Å². The summed E-state index contributed by atoms with van der Waals surface area (Å²) >= 11 is 0. The lowest BCUT2D eigenvalue weighted by atomic mass is 10.2. The zero-order valence-corrected chi connectivity index (χ0v) is 8.51. The third kappa shape index (κ3) is 2.15. The number of nitrogen functional groups attached to an aromatic ring is 1. The highest BCUT2D eigenvalue weighted by Crippen LogP contribution is 2.20. The molecule has 0 aliphatic rings. The predicted molar refractivity (Wildman–Crippen MR) is 58.6 cm³/mol. The zero-order chi connectivity index (χ0) is 11.4. The molecule has 1 aromatic carbocycles. The fourth-order valence-electron chi connectivity index (χ4n) is 1.28. The minimum absolute atomic E-state index is 0.346. The van der Waals surface area contributed by atoms with Crippen molar-refractivity contribution in [2.75, 3.05) is 5.73 Å². The third-order valence-corrected chi connectivity index (χ3v) is 2.10. The molecule has 0 fully saturated rings.